The van der Waals surface area contributed by atoms with Gasteiger partial charge < -0.3 is 14.5 Å². The monoisotopic (exact) mass is 291 g/mol. The van der Waals surface area contributed by atoms with Crippen molar-refractivity contribution in [3.05, 3.63) is 52.7 Å². The average Bonchev–Trinajstić information content (AvgIpc) is 2.81. The molecule has 1 heterocycles. The summed E-state index contributed by atoms with van der Waals surface area (Å²) in [4.78, 5) is 0. The molecule has 0 saturated carbocycles. The fourth-order valence-corrected chi connectivity index (χ4v) is 2.10. The second-order valence-electron chi connectivity index (χ2n) is 5.17. The predicted molar refractivity (Wildman–Crippen MR) is 80.9 cm³/mol. The molecule has 2 rings (SSSR count). The zero-order valence-corrected chi connectivity index (χ0v) is 12.8. The Labute approximate surface area is 125 Å². The molecule has 0 fully saturated rings. The van der Waals surface area contributed by atoms with Crippen LogP contribution in [0, 0.1) is 19.7 Å². The first-order chi connectivity index (χ1) is 10.1. The van der Waals surface area contributed by atoms with Gasteiger partial charge in [-0.2, -0.15) is 0 Å². The molecule has 0 aliphatic heterocycles. The molecular formula is C17H22FNO2. The number of aryl methyl sites for hydroxylation is 2. The smallest absolute Gasteiger partial charge is 0.167 e. The molecule has 1 aromatic heterocycles. The summed E-state index contributed by atoms with van der Waals surface area (Å²) < 4.78 is 25.1. The molecule has 1 N–H and O–H groups in total. The maximum absolute atomic E-state index is 13.8. The highest BCUT2D eigenvalue weighted by molar-refractivity contribution is 5.30. The number of rotatable bonds is 7. The van der Waals surface area contributed by atoms with Crippen LogP contribution in [-0.2, 0) is 13.2 Å². The number of benzene rings is 1. The van der Waals surface area contributed by atoms with Gasteiger partial charge in [0.15, 0.2) is 11.6 Å². The fraction of sp³-hybridized carbons (Fsp3) is 0.412. The van der Waals surface area contributed by atoms with E-state index in [0.717, 1.165) is 24.3 Å². The molecule has 0 saturated heterocycles. The molecular weight excluding hydrogens is 269 g/mol. The Hall–Kier alpha value is -1.81. The van der Waals surface area contributed by atoms with Crippen molar-refractivity contribution in [2.24, 2.45) is 0 Å². The van der Waals surface area contributed by atoms with Gasteiger partial charge in [-0.05, 0) is 50.1 Å². The second kappa shape index (κ2) is 7.27. The van der Waals surface area contributed by atoms with Crippen LogP contribution in [0.1, 0.15) is 36.0 Å². The maximum atomic E-state index is 13.8. The van der Waals surface area contributed by atoms with Gasteiger partial charge in [-0.15, -0.1) is 0 Å². The zero-order valence-electron chi connectivity index (χ0n) is 12.8. The first-order valence-electron chi connectivity index (χ1n) is 7.28. The topological polar surface area (TPSA) is 34.4 Å². The maximum Gasteiger partial charge on any atom is 0.167 e. The van der Waals surface area contributed by atoms with E-state index in [0.29, 0.717) is 17.9 Å². The van der Waals surface area contributed by atoms with E-state index in [9.17, 15) is 4.39 Å². The molecule has 4 heteroatoms. The zero-order chi connectivity index (χ0) is 15.2. The van der Waals surface area contributed by atoms with Crippen molar-refractivity contribution < 1.29 is 13.5 Å². The van der Waals surface area contributed by atoms with Gasteiger partial charge in [-0.3, -0.25) is 0 Å². The van der Waals surface area contributed by atoms with E-state index in [-0.39, 0.29) is 18.2 Å². The molecule has 0 amide bonds. The molecule has 0 unspecified atom stereocenters. The lowest BCUT2D eigenvalue weighted by Gasteiger charge is -2.07. The molecule has 2 aromatic rings. The summed E-state index contributed by atoms with van der Waals surface area (Å²) >= 11 is 0. The third-order valence-corrected chi connectivity index (χ3v) is 3.31. The molecule has 0 radical (unpaired) electrons. The van der Waals surface area contributed by atoms with E-state index in [2.05, 4.69) is 12.2 Å². The van der Waals surface area contributed by atoms with Gasteiger partial charge in [0.05, 0.1) is 6.54 Å². The summed E-state index contributed by atoms with van der Waals surface area (Å²) in [6.45, 7) is 7.74. The summed E-state index contributed by atoms with van der Waals surface area (Å²) in [7, 11) is 0. The number of halogens is 1. The summed E-state index contributed by atoms with van der Waals surface area (Å²) in [5, 5.41) is 3.30. The van der Waals surface area contributed by atoms with Crippen LogP contribution in [0.5, 0.6) is 5.75 Å². The lowest BCUT2D eigenvalue weighted by atomic mass is 10.2. The number of hydrogen-bond acceptors (Lipinski definition) is 3. The Kier molecular flexibility index (Phi) is 5.39. The highest BCUT2D eigenvalue weighted by Crippen LogP contribution is 2.22. The highest BCUT2D eigenvalue weighted by Gasteiger charge is 2.10. The van der Waals surface area contributed by atoms with E-state index in [1.54, 1.807) is 25.1 Å². The Bertz CT molecular complexity index is 592. The van der Waals surface area contributed by atoms with Crippen LogP contribution in [0.3, 0.4) is 0 Å². The summed E-state index contributed by atoms with van der Waals surface area (Å²) in [6, 6.07) is 7.07. The van der Waals surface area contributed by atoms with Crippen molar-refractivity contribution in [3.63, 3.8) is 0 Å². The molecule has 0 spiro atoms. The van der Waals surface area contributed by atoms with Gasteiger partial charge in [-0.1, -0.05) is 19.1 Å². The minimum atomic E-state index is -0.314. The van der Waals surface area contributed by atoms with Crippen molar-refractivity contribution in [2.45, 2.75) is 40.3 Å². The fourth-order valence-electron chi connectivity index (χ4n) is 2.10. The minimum absolute atomic E-state index is 0.231. The van der Waals surface area contributed by atoms with Crippen LogP contribution in [0.15, 0.2) is 28.7 Å². The Morgan fingerprint density at radius 2 is 2.05 bits per heavy atom. The van der Waals surface area contributed by atoms with Gasteiger partial charge >= 0.3 is 0 Å². The molecule has 114 valence electrons. The SMILES string of the molecule is CCCNCc1oc(COc2cccc(C)c2F)cc1C. The highest BCUT2D eigenvalue weighted by atomic mass is 19.1. The Morgan fingerprint density at radius 1 is 1.24 bits per heavy atom. The first kappa shape index (κ1) is 15.6. The number of nitrogens with one attached hydrogen (secondary N) is 1. The first-order valence-corrected chi connectivity index (χ1v) is 7.28. The molecule has 0 aliphatic rings. The van der Waals surface area contributed by atoms with Gasteiger partial charge in [-0.25, -0.2) is 4.39 Å². The largest absolute Gasteiger partial charge is 0.483 e. The van der Waals surface area contributed by atoms with Crippen molar-refractivity contribution in [3.8, 4) is 5.75 Å². The van der Waals surface area contributed by atoms with Crippen LogP contribution in [0.2, 0.25) is 0 Å². The molecule has 0 atom stereocenters. The van der Waals surface area contributed by atoms with Crippen LogP contribution in [0.25, 0.3) is 0 Å². The van der Waals surface area contributed by atoms with Gasteiger partial charge in [0.2, 0.25) is 0 Å². The van der Waals surface area contributed by atoms with E-state index in [1.165, 1.54) is 0 Å². The van der Waals surface area contributed by atoms with Crippen LogP contribution < -0.4 is 10.1 Å². The van der Waals surface area contributed by atoms with Crippen LogP contribution >= 0.6 is 0 Å². The van der Waals surface area contributed by atoms with E-state index in [4.69, 9.17) is 9.15 Å². The third kappa shape index (κ3) is 4.08. The predicted octanol–water partition coefficient (Wildman–Crippen LogP) is 4.11. The normalized spacial score (nSPS) is 10.9. The van der Waals surface area contributed by atoms with Crippen LogP contribution in [-0.4, -0.2) is 6.54 Å². The molecule has 0 aliphatic carbocycles. The molecule has 0 bridgehead atoms. The van der Waals surface area contributed by atoms with Crippen LogP contribution in [0.4, 0.5) is 4.39 Å². The third-order valence-electron chi connectivity index (χ3n) is 3.31. The lowest BCUT2D eigenvalue weighted by Crippen LogP contribution is -2.13. The molecule has 3 nitrogen and oxygen atoms in total. The van der Waals surface area contributed by atoms with E-state index >= 15 is 0 Å². The van der Waals surface area contributed by atoms with Gasteiger partial charge in [0, 0.05) is 0 Å². The van der Waals surface area contributed by atoms with Crippen molar-refractivity contribution >= 4 is 0 Å². The Morgan fingerprint density at radius 3 is 2.81 bits per heavy atom. The number of furan rings is 1. The molecule has 1 aromatic carbocycles. The summed E-state index contributed by atoms with van der Waals surface area (Å²) in [5.41, 5.74) is 1.66. The van der Waals surface area contributed by atoms with Crippen molar-refractivity contribution in [2.75, 3.05) is 6.54 Å². The average molecular weight is 291 g/mol. The van der Waals surface area contributed by atoms with Crippen molar-refractivity contribution in [1.82, 2.24) is 5.32 Å². The standard InChI is InChI=1S/C17H22FNO2/c1-4-8-19-10-16-13(3)9-14(21-16)11-20-15-7-5-6-12(2)17(15)18/h5-7,9,19H,4,8,10-11H2,1-3H3. The number of hydrogen-bond donors (Lipinski definition) is 1. The lowest BCUT2D eigenvalue weighted by molar-refractivity contribution is 0.253. The Balaban J connectivity index is 1.97. The van der Waals surface area contributed by atoms with Gasteiger partial charge in [0.1, 0.15) is 18.1 Å². The van der Waals surface area contributed by atoms with Crippen molar-refractivity contribution in [1.29, 1.82) is 0 Å². The number of ether oxygens (including phenoxy) is 1. The summed E-state index contributed by atoms with van der Waals surface area (Å²) in [5.74, 6) is 1.56. The second-order valence-corrected chi connectivity index (χ2v) is 5.17. The summed E-state index contributed by atoms with van der Waals surface area (Å²) in [6.07, 6.45) is 1.09. The molecule has 21 heavy (non-hydrogen) atoms. The minimum Gasteiger partial charge on any atom is -0.483 e. The van der Waals surface area contributed by atoms with E-state index < -0.39 is 0 Å². The van der Waals surface area contributed by atoms with E-state index in [1.807, 2.05) is 13.0 Å². The van der Waals surface area contributed by atoms with Gasteiger partial charge in [0.25, 0.3) is 0 Å². The quantitative estimate of drug-likeness (QED) is 0.779.